The number of fused-ring (bicyclic) bond motifs is 1. The standard InChI is InChI=1S/C23H28N3.C3H10O3S.C2H6/c1-5-8-18(9-6-2)20-10-11-21-22(16-20)24-17-23(25-21)19-12-14-26(4,7-3)15-13-19;1-2-3-7(4,5)6;1-2/h5,8-14,16-17H,6-7,15H2,1-4H3;4-6H,2-3H2,1H3;1-2H3/q+1;;/b8-5-,18-9+;;. The Morgan fingerprint density at radius 3 is 2.31 bits per heavy atom. The van der Waals surface area contributed by atoms with Crippen molar-refractivity contribution in [2.45, 2.75) is 54.4 Å². The summed E-state index contributed by atoms with van der Waals surface area (Å²) in [7, 11) is -0.935. The van der Waals surface area contributed by atoms with E-state index < -0.39 is 10.9 Å². The van der Waals surface area contributed by atoms with Crippen LogP contribution in [0.5, 0.6) is 0 Å². The van der Waals surface area contributed by atoms with Crippen LogP contribution in [0.4, 0.5) is 0 Å². The zero-order valence-electron chi connectivity index (χ0n) is 22.4. The molecule has 1 aliphatic rings. The van der Waals surface area contributed by atoms with Crippen LogP contribution in [-0.2, 0) is 0 Å². The molecule has 2 aromatic rings. The predicted molar refractivity (Wildman–Crippen MR) is 153 cm³/mol. The van der Waals surface area contributed by atoms with Gasteiger partial charge < -0.3 is 13.7 Å². The number of likely N-dealkylation sites (N-methyl/N-ethyl adjacent to an activating group) is 1. The Bertz CT molecular complexity index is 1060. The molecule has 3 N–H and O–H groups in total. The maximum atomic E-state index is 8.21. The zero-order valence-corrected chi connectivity index (χ0v) is 23.2. The summed E-state index contributed by atoms with van der Waals surface area (Å²) in [4.78, 5) is 9.52. The van der Waals surface area contributed by atoms with Crippen molar-refractivity contribution in [1.29, 1.82) is 0 Å². The molecular formula is C28H44N3O3S+. The fraction of sp³-hybridized carbons (Fsp3) is 0.429. The molecule has 1 unspecified atom stereocenters. The van der Waals surface area contributed by atoms with Crippen LogP contribution in [0.15, 0.2) is 61.0 Å². The first kappa shape index (κ1) is 30.7. The van der Waals surface area contributed by atoms with E-state index in [1.165, 1.54) is 11.1 Å². The highest BCUT2D eigenvalue weighted by molar-refractivity contribution is 8.19. The fourth-order valence-corrected chi connectivity index (χ4v) is 3.95. The van der Waals surface area contributed by atoms with Crippen molar-refractivity contribution in [3.05, 3.63) is 72.2 Å². The van der Waals surface area contributed by atoms with Gasteiger partial charge in [0.2, 0.25) is 0 Å². The Morgan fingerprint density at radius 1 is 1.11 bits per heavy atom. The second-order valence-corrected chi connectivity index (χ2v) is 9.99. The number of rotatable bonds is 7. The van der Waals surface area contributed by atoms with Gasteiger partial charge in [0.15, 0.2) is 0 Å². The maximum absolute atomic E-state index is 8.21. The molecule has 0 saturated heterocycles. The topological polar surface area (TPSA) is 86.5 Å². The van der Waals surface area contributed by atoms with Gasteiger partial charge in [-0.25, -0.2) is 4.98 Å². The van der Waals surface area contributed by atoms with E-state index in [0.29, 0.717) is 6.42 Å². The van der Waals surface area contributed by atoms with E-state index in [0.717, 1.165) is 46.3 Å². The molecule has 1 aliphatic heterocycles. The van der Waals surface area contributed by atoms with Gasteiger partial charge in [-0.3, -0.25) is 9.47 Å². The van der Waals surface area contributed by atoms with Gasteiger partial charge in [0.25, 0.3) is 0 Å². The third-order valence-corrected chi connectivity index (χ3v) is 6.44. The summed E-state index contributed by atoms with van der Waals surface area (Å²) < 4.78 is 25.6. The second-order valence-electron chi connectivity index (χ2n) is 8.32. The number of nitrogens with zero attached hydrogens (tertiary/aromatic N) is 3. The molecule has 1 aromatic carbocycles. The lowest BCUT2D eigenvalue weighted by Gasteiger charge is -2.30. The summed E-state index contributed by atoms with van der Waals surface area (Å²) in [5.74, 6) is 0.0903. The van der Waals surface area contributed by atoms with Crippen LogP contribution >= 0.6 is 10.9 Å². The summed E-state index contributed by atoms with van der Waals surface area (Å²) in [5.41, 5.74) is 6.40. The summed E-state index contributed by atoms with van der Waals surface area (Å²) in [6.07, 6.45) is 16.7. The van der Waals surface area contributed by atoms with Crippen LogP contribution in [0, 0.1) is 0 Å². The van der Waals surface area contributed by atoms with E-state index in [4.69, 9.17) is 18.6 Å². The van der Waals surface area contributed by atoms with E-state index in [1.54, 1.807) is 6.92 Å². The molecule has 7 heteroatoms. The van der Waals surface area contributed by atoms with Crippen LogP contribution in [-0.4, -0.2) is 54.0 Å². The maximum Gasteiger partial charge on any atom is 0.102 e. The highest BCUT2D eigenvalue weighted by Crippen LogP contribution is 2.32. The highest BCUT2D eigenvalue weighted by atomic mass is 32.3. The van der Waals surface area contributed by atoms with Gasteiger partial charge in [-0.05, 0) is 56.0 Å². The first-order chi connectivity index (χ1) is 16.6. The van der Waals surface area contributed by atoms with Crippen LogP contribution in [0.1, 0.15) is 65.6 Å². The van der Waals surface area contributed by atoms with Gasteiger partial charge in [-0.2, -0.15) is 0 Å². The van der Waals surface area contributed by atoms with Crippen molar-refractivity contribution in [3.63, 3.8) is 0 Å². The Kier molecular flexibility index (Phi) is 13.1. The Balaban J connectivity index is 0.000000587. The lowest BCUT2D eigenvalue weighted by Crippen LogP contribution is -2.39. The monoisotopic (exact) mass is 502 g/mol. The number of hydrogen-bond donors (Lipinski definition) is 3. The lowest BCUT2D eigenvalue weighted by atomic mass is 10.0. The molecule has 0 bridgehead atoms. The largest absolute Gasteiger partial charge is 0.308 e. The van der Waals surface area contributed by atoms with Crippen molar-refractivity contribution in [2.75, 3.05) is 25.9 Å². The molecule has 35 heavy (non-hydrogen) atoms. The predicted octanol–water partition coefficient (Wildman–Crippen LogP) is 8.02. The van der Waals surface area contributed by atoms with E-state index in [9.17, 15) is 0 Å². The van der Waals surface area contributed by atoms with Gasteiger partial charge in [-0.15, -0.1) is 0 Å². The smallest absolute Gasteiger partial charge is 0.102 e. The summed E-state index contributed by atoms with van der Waals surface area (Å²) in [6.45, 7) is 14.3. The molecule has 0 saturated carbocycles. The normalized spacial score (nSPS) is 18.5. The van der Waals surface area contributed by atoms with Gasteiger partial charge >= 0.3 is 0 Å². The van der Waals surface area contributed by atoms with Crippen molar-refractivity contribution in [2.24, 2.45) is 0 Å². The average Bonchev–Trinajstić information content (AvgIpc) is 2.85. The van der Waals surface area contributed by atoms with Crippen LogP contribution in [0.25, 0.3) is 22.2 Å². The molecule has 0 aliphatic carbocycles. The van der Waals surface area contributed by atoms with Crippen molar-refractivity contribution < 1.29 is 18.1 Å². The molecular weight excluding hydrogens is 458 g/mol. The third-order valence-electron chi connectivity index (χ3n) is 5.48. The third kappa shape index (κ3) is 10.1. The number of hydrogen-bond acceptors (Lipinski definition) is 5. The van der Waals surface area contributed by atoms with E-state index >= 15 is 0 Å². The first-order valence-electron chi connectivity index (χ1n) is 12.5. The molecule has 194 valence electrons. The summed E-state index contributed by atoms with van der Waals surface area (Å²) in [6, 6.07) is 6.34. The second kappa shape index (κ2) is 15.0. The number of aromatic nitrogens is 2. The van der Waals surface area contributed by atoms with Gasteiger partial charge in [0, 0.05) is 17.4 Å². The molecule has 0 radical (unpaired) electrons. The molecule has 3 rings (SSSR count). The van der Waals surface area contributed by atoms with E-state index in [1.807, 2.05) is 27.0 Å². The Labute approximate surface area is 213 Å². The minimum absolute atomic E-state index is 0.0903. The molecule has 0 spiro atoms. The van der Waals surface area contributed by atoms with Crippen LogP contribution in [0.3, 0.4) is 0 Å². The first-order valence-corrected chi connectivity index (χ1v) is 14.1. The van der Waals surface area contributed by atoms with Crippen molar-refractivity contribution in [3.8, 4) is 0 Å². The lowest BCUT2D eigenvalue weighted by molar-refractivity contribution is -0.852. The zero-order chi connectivity index (χ0) is 26.5. The number of quaternary nitrogens is 1. The van der Waals surface area contributed by atoms with Gasteiger partial charge in [-0.1, -0.05) is 52.0 Å². The van der Waals surface area contributed by atoms with Crippen molar-refractivity contribution >= 4 is 33.1 Å². The van der Waals surface area contributed by atoms with Crippen molar-refractivity contribution in [1.82, 2.24) is 9.97 Å². The average molecular weight is 503 g/mol. The minimum atomic E-state index is -3.17. The van der Waals surface area contributed by atoms with E-state index in [-0.39, 0.29) is 5.75 Å². The quantitative estimate of drug-likeness (QED) is 0.263. The Hall–Kier alpha value is -2.29. The van der Waals surface area contributed by atoms with Crippen LogP contribution in [0.2, 0.25) is 0 Å². The molecule has 0 fully saturated rings. The summed E-state index contributed by atoms with van der Waals surface area (Å²) in [5, 5.41) is 0. The van der Waals surface area contributed by atoms with E-state index in [2.05, 4.69) is 80.7 Å². The molecule has 1 aromatic heterocycles. The molecule has 6 nitrogen and oxygen atoms in total. The SMILES string of the molecule is C/C=C\C(=C/CC)c1ccc2nc(C3=CC[N+](C)(CC)C=C3)cnc2c1.CC.CCCS(O)(O)O. The molecule has 2 heterocycles. The Morgan fingerprint density at radius 2 is 1.83 bits per heavy atom. The van der Waals surface area contributed by atoms with Gasteiger partial charge in [0.1, 0.15) is 6.54 Å². The fourth-order valence-electron chi connectivity index (χ4n) is 3.41. The number of allylic oxidation sites excluding steroid dienone is 6. The highest BCUT2D eigenvalue weighted by Gasteiger charge is 2.19. The molecule has 1 atom stereocenters. The van der Waals surface area contributed by atoms with Crippen LogP contribution < -0.4 is 0 Å². The summed E-state index contributed by atoms with van der Waals surface area (Å²) >= 11 is 0. The molecule has 0 amide bonds. The minimum Gasteiger partial charge on any atom is -0.308 e. The number of benzene rings is 1. The van der Waals surface area contributed by atoms with Gasteiger partial charge in [0.05, 0.1) is 53.6 Å².